The Kier molecular flexibility index (Phi) is 4.92. The number of benzene rings is 1. The number of nitrogens with one attached hydrogen (secondary N) is 1. The number of rotatable bonds is 4. The highest BCUT2D eigenvalue weighted by molar-refractivity contribution is 7.12. The van der Waals surface area contributed by atoms with Crippen molar-refractivity contribution in [3.8, 4) is 0 Å². The van der Waals surface area contributed by atoms with E-state index in [1.165, 1.54) is 17.5 Å². The zero-order valence-corrected chi connectivity index (χ0v) is 13.6. The van der Waals surface area contributed by atoms with Gasteiger partial charge >= 0.3 is 5.97 Å². The van der Waals surface area contributed by atoms with Crippen LogP contribution in [0.3, 0.4) is 0 Å². The highest BCUT2D eigenvalue weighted by Gasteiger charge is 2.19. The third-order valence-corrected chi connectivity index (χ3v) is 4.93. The van der Waals surface area contributed by atoms with Gasteiger partial charge in [-0.05, 0) is 42.5 Å². The molecule has 1 saturated heterocycles. The first-order valence-corrected chi connectivity index (χ1v) is 8.43. The van der Waals surface area contributed by atoms with Crippen LogP contribution in [-0.2, 0) is 4.74 Å². The first-order valence-electron chi connectivity index (χ1n) is 7.55. The van der Waals surface area contributed by atoms with Crippen molar-refractivity contribution in [1.82, 2.24) is 0 Å². The standard InChI is InChI=1S/C17H16FNO4S/c18-13-7-11(10-3-5-23-6-4-10)1-2-14(13)19-16(20)15-8-12(9-24-15)17(21)22/h1-2,7-10H,3-6H2,(H,19,20)(H,21,22). The van der Waals surface area contributed by atoms with Gasteiger partial charge in [-0.3, -0.25) is 4.79 Å². The molecule has 7 heteroatoms. The minimum atomic E-state index is -1.10. The molecule has 1 fully saturated rings. The Morgan fingerprint density at radius 2 is 2.00 bits per heavy atom. The van der Waals surface area contributed by atoms with Crippen LogP contribution in [0.4, 0.5) is 10.1 Å². The maximum Gasteiger partial charge on any atom is 0.336 e. The lowest BCUT2D eigenvalue weighted by molar-refractivity contribution is 0.0697. The minimum absolute atomic E-state index is 0.0421. The van der Waals surface area contributed by atoms with Gasteiger partial charge in [0.05, 0.1) is 16.1 Å². The molecule has 2 heterocycles. The SMILES string of the molecule is O=C(O)c1csc(C(=O)Nc2ccc(C3CCOCC3)cc2F)c1. The number of carboxylic acids is 1. The lowest BCUT2D eigenvalue weighted by Gasteiger charge is -2.22. The van der Waals surface area contributed by atoms with Crippen molar-refractivity contribution in [1.29, 1.82) is 0 Å². The zero-order chi connectivity index (χ0) is 17.1. The number of halogens is 1. The fraction of sp³-hybridized carbons (Fsp3) is 0.294. The van der Waals surface area contributed by atoms with E-state index in [4.69, 9.17) is 9.84 Å². The maximum absolute atomic E-state index is 14.3. The van der Waals surface area contributed by atoms with Crippen LogP contribution in [0.1, 0.15) is 44.4 Å². The first kappa shape index (κ1) is 16.6. The summed E-state index contributed by atoms with van der Waals surface area (Å²) in [4.78, 5) is 23.2. The predicted molar refractivity (Wildman–Crippen MR) is 88.4 cm³/mol. The topological polar surface area (TPSA) is 75.6 Å². The molecule has 1 aliphatic rings. The summed E-state index contributed by atoms with van der Waals surface area (Å²) in [6, 6.07) is 6.08. The van der Waals surface area contributed by atoms with E-state index in [2.05, 4.69) is 5.32 Å². The van der Waals surface area contributed by atoms with Crippen molar-refractivity contribution in [2.45, 2.75) is 18.8 Å². The zero-order valence-electron chi connectivity index (χ0n) is 12.8. The van der Waals surface area contributed by atoms with Gasteiger partial charge in [-0.1, -0.05) is 6.07 Å². The molecule has 126 valence electrons. The Hall–Kier alpha value is -2.25. The molecule has 2 aromatic rings. The Bertz CT molecular complexity index is 768. The number of carbonyl (C=O) groups is 2. The fourth-order valence-electron chi connectivity index (χ4n) is 2.67. The molecular weight excluding hydrogens is 333 g/mol. The van der Waals surface area contributed by atoms with Crippen LogP contribution in [-0.4, -0.2) is 30.2 Å². The highest BCUT2D eigenvalue weighted by Crippen LogP contribution is 2.29. The summed E-state index contributed by atoms with van der Waals surface area (Å²) in [5.41, 5.74) is 1.03. The molecule has 0 spiro atoms. The maximum atomic E-state index is 14.3. The van der Waals surface area contributed by atoms with E-state index < -0.39 is 17.7 Å². The van der Waals surface area contributed by atoms with Gasteiger partial charge < -0.3 is 15.2 Å². The van der Waals surface area contributed by atoms with Gasteiger partial charge in [0.25, 0.3) is 5.91 Å². The lowest BCUT2D eigenvalue weighted by atomic mass is 9.91. The molecule has 0 atom stereocenters. The predicted octanol–water partition coefficient (Wildman–Crippen LogP) is 3.73. The second-order valence-electron chi connectivity index (χ2n) is 5.58. The van der Waals surface area contributed by atoms with Crippen LogP contribution in [0.2, 0.25) is 0 Å². The Labute approximate surface area is 142 Å². The summed E-state index contributed by atoms with van der Waals surface area (Å²) in [6.45, 7) is 1.35. The summed E-state index contributed by atoms with van der Waals surface area (Å²) in [5, 5.41) is 12.7. The number of carboxylic acid groups (broad SMARTS) is 1. The third kappa shape index (κ3) is 3.63. The van der Waals surface area contributed by atoms with E-state index in [0.29, 0.717) is 13.2 Å². The van der Waals surface area contributed by atoms with Gasteiger partial charge in [0.2, 0.25) is 0 Å². The minimum Gasteiger partial charge on any atom is -0.478 e. The Morgan fingerprint density at radius 1 is 1.25 bits per heavy atom. The van der Waals surface area contributed by atoms with Crippen LogP contribution >= 0.6 is 11.3 Å². The molecule has 3 rings (SSSR count). The van der Waals surface area contributed by atoms with E-state index in [-0.39, 0.29) is 22.0 Å². The number of ether oxygens (including phenoxy) is 1. The molecule has 24 heavy (non-hydrogen) atoms. The van der Waals surface area contributed by atoms with E-state index in [1.54, 1.807) is 6.07 Å². The number of amides is 1. The van der Waals surface area contributed by atoms with Crippen molar-refractivity contribution in [2.75, 3.05) is 18.5 Å². The lowest BCUT2D eigenvalue weighted by Crippen LogP contribution is -2.15. The molecule has 1 aliphatic heterocycles. The molecule has 0 unspecified atom stereocenters. The van der Waals surface area contributed by atoms with Crippen LogP contribution in [0.25, 0.3) is 0 Å². The van der Waals surface area contributed by atoms with Gasteiger partial charge in [0, 0.05) is 18.6 Å². The monoisotopic (exact) mass is 349 g/mol. The first-order chi connectivity index (χ1) is 11.5. The summed E-state index contributed by atoms with van der Waals surface area (Å²) in [7, 11) is 0. The molecule has 1 aromatic carbocycles. The van der Waals surface area contributed by atoms with Crippen LogP contribution < -0.4 is 5.32 Å². The third-order valence-electron chi connectivity index (χ3n) is 4.00. The van der Waals surface area contributed by atoms with Gasteiger partial charge in [-0.15, -0.1) is 11.3 Å². The van der Waals surface area contributed by atoms with Crippen molar-refractivity contribution < 1.29 is 23.8 Å². The summed E-state index contributed by atoms with van der Waals surface area (Å²) in [5.74, 6) is -1.85. The quantitative estimate of drug-likeness (QED) is 0.882. The number of anilines is 1. The van der Waals surface area contributed by atoms with Crippen LogP contribution in [0.5, 0.6) is 0 Å². The number of thiophene rings is 1. The molecule has 0 bridgehead atoms. The number of carbonyl (C=O) groups excluding carboxylic acids is 1. The molecular formula is C17H16FNO4S. The number of hydrogen-bond acceptors (Lipinski definition) is 4. The molecule has 1 aromatic heterocycles. The van der Waals surface area contributed by atoms with E-state index >= 15 is 0 Å². The largest absolute Gasteiger partial charge is 0.478 e. The molecule has 0 aliphatic carbocycles. The highest BCUT2D eigenvalue weighted by atomic mass is 32.1. The summed E-state index contributed by atoms with van der Waals surface area (Å²) < 4.78 is 19.6. The second kappa shape index (κ2) is 7.11. The fourth-order valence-corrected chi connectivity index (χ4v) is 3.44. The average Bonchev–Trinajstić information content (AvgIpc) is 3.08. The van der Waals surface area contributed by atoms with Gasteiger partial charge in [-0.25, -0.2) is 9.18 Å². The second-order valence-corrected chi connectivity index (χ2v) is 6.50. The van der Waals surface area contributed by atoms with E-state index in [9.17, 15) is 14.0 Å². The number of aromatic carboxylic acids is 1. The summed E-state index contributed by atoms with van der Waals surface area (Å²) in [6.07, 6.45) is 1.72. The van der Waals surface area contributed by atoms with Crippen molar-refractivity contribution in [3.05, 3.63) is 51.5 Å². The Morgan fingerprint density at radius 3 is 2.62 bits per heavy atom. The summed E-state index contributed by atoms with van der Waals surface area (Å²) >= 11 is 1.01. The molecule has 2 N–H and O–H groups in total. The van der Waals surface area contributed by atoms with Gasteiger partial charge in [0.1, 0.15) is 5.82 Å². The molecule has 1 amide bonds. The van der Waals surface area contributed by atoms with Crippen LogP contribution in [0, 0.1) is 5.82 Å². The molecule has 0 saturated carbocycles. The Balaban J connectivity index is 1.72. The normalized spacial score (nSPS) is 15.2. The average molecular weight is 349 g/mol. The van der Waals surface area contributed by atoms with Crippen LogP contribution in [0.15, 0.2) is 29.6 Å². The van der Waals surface area contributed by atoms with Gasteiger partial charge in [-0.2, -0.15) is 0 Å². The smallest absolute Gasteiger partial charge is 0.336 e. The number of hydrogen-bond donors (Lipinski definition) is 2. The van der Waals surface area contributed by atoms with Crippen molar-refractivity contribution in [3.63, 3.8) is 0 Å². The molecule has 0 radical (unpaired) electrons. The van der Waals surface area contributed by atoms with Crippen molar-refractivity contribution >= 4 is 28.9 Å². The van der Waals surface area contributed by atoms with Crippen molar-refractivity contribution in [2.24, 2.45) is 0 Å². The van der Waals surface area contributed by atoms with E-state index in [1.807, 2.05) is 6.07 Å². The van der Waals surface area contributed by atoms with E-state index in [0.717, 1.165) is 29.7 Å². The molecule has 5 nitrogen and oxygen atoms in total. The van der Waals surface area contributed by atoms with Gasteiger partial charge in [0.15, 0.2) is 0 Å².